The van der Waals surface area contributed by atoms with Crippen LogP contribution in [0.2, 0.25) is 0 Å². The number of allylic oxidation sites excluding steroid dienone is 1. The minimum absolute atomic E-state index is 0.236. The zero-order valence-electron chi connectivity index (χ0n) is 20.3. The van der Waals surface area contributed by atoms with Crippen molar-refractivity contribution in [1.82, 2.24) is 34.4 Å². The predicted octanol–water partition coefficient (Wildman–Crippen LogP) is 3.51. The number of aromatic nitrogens is 6. The quantitative estimate of drug-likeness (QED) is 0.289. The van der Waals surface area contributed by atoms with Crippen LogP contribution in [0.15, 0.2) is 85.8 Å². The number of carbonyl (C=O) groups is 1. The standard InChI is InChI=1S/C13H11N3O.C7H5FN2.C7H11N3/c14-7-11(9-17)13-5-4-10(8-16-13)12-3-1-2-6-15-12;8-6-2-1-5-10-7(6)3-4-9-10;1-10-3-2-6-7(4-10)9-5-8-6/h1-9H,14H2;1-5H;5H,2-4H2,1H3,(H,8,9)/b11-7-;;. The van der Waals surface area contributed by atoms with Gasteiger partial charge in [-0.05, 0) is 49.5 Å². The van der Waals surface area contributed by atoms with Crippen LogP contribution in [0.5, 0.6) is 0 Å². The van der Waals surface area contributed by atoms with Crippen LogP contribution in [0.25, 0.3) is 22.3 Å². The summed E-state index contributed by atoms with van der Waals surface area (Å²) in [6.07, 6.45) is 11.5. The molecule has 0 aliphatic carbocycles. The molecule has 1 aliphatic heterocycles. The number of pyridine rings is 3. The molecule has 188 valence electrons. The smallest absolute Gasteiger partial charge is 0.153 e. The zero-order chi connectivity index (χ0) is 26.0. The fraction of sp³-hybridized carbons (Fsp3) is 0.148. The molecule has 0 aromatic carbocycles. The van der Waals surface area contributed by atoms with Gasteiger partial charge >= 0.3 is 0 Å². The fourth-order valence-corrected chi connectivity index (χ4v) is 3.70. The Labute approximate surface area is 213 Å². The van der Waals surface area contributed by atoms with Crippen molar-refractivity contribution in [2.45, 2.75) is 13.0 Å². The van der Waals surface area contributed by atoms with Gasteiger partial charge in [0.1, 0.15) is 11.3 Å². The first-order valence-corrected chi connectivity index (χ1v) is 11.6. The van der Waals surface area contributed by atoms with E-state index >= 15 is 0 Å². The third-order valence-corrected chi connectivity index (χ3v) is 5.68. The number of hydrogen-bond acceptors (Lipinski definition) is 7. The van der Waals surface area contributed by atoms with E-state index in [0.29, 0.717) is 23.1 Å². The third kappa shape index (κ3) is 6.50. The number of rotatable bonds is 3. The molecule has 37 heavy (non-hydrogen) atoms. The summed E-state index contributed by atoms with van der Waals surface area (Å²) in [5.74, 6) is -0.236. The number of H-pyrrole nitrogens is 1. The van der Waals surface area contributed by atoms with Crippen LogP contribution in [0.1, 0.15) is 17.1 Å². The first-order valence-electron chi connectivity index (χ1n) is 11.6. The van der Waals surface area contributed by atoms with Gasteiger partial charge in [0.15, 0.2) is 6.29 Å². The third-order valence-electron chi connectivity index (χ3n) is 5.68. The lowest BCUT2D eigenvalue weighted by Gasteiger charge is -2.20. The van der Waals surface area contributed by atoms with Gasteiger partial charge in [-0.1, -0.05) is 6.07 Å². The molecular weight excluding hydrogens is 471 g/mol. The summed E-state index contributed by atoms with van der Waals surface area (Å²) in [6, 6.07) is 13.9. The van der Waals surface area contributed by atoms with Gasteiger partial charge in [-0.3, -0.25) is 14.8 Å². The molecule has 1 aliphatic rings. The molecule has 10 heteroatoms. The van der Waals surface area contributed by atoms with Crippen molar-refractivity contribution < 1.29 is 9.18 Å². The van der Waals surface area contributed by atoms with Crippen LogP contribution >= 0.6 is 0 Å². The summed E-state index contributed by atoms with van der Waals surface area (Å²) in [4.78, 5) is 28.7. The van der Waals surface area contributed by atoms with Crippen molar-refractivity contribution in [3.8, 4) is 11.3 Å². The van der Waals surface area contributed by atoms with Gasteiger partial charge in [0, 0.05) is 49.9 Å². The molecule has 0 amide bonds. The molecule has 0 saturated heterocycles. The maximum absolute atomic E-state index is 12.8. The van der Waals surface area contributed by atoms with Gasteiger partial charge < -0.3 is 15.6 Å². The molecule has 3 N–H and O–H groups in total. The number of fused-ring (bicyclic) bond motifs is 2. The normalized spacial score (nSPS) is 13.1. The highest BCUT2D eigenvalue weighted by Gasteiger charge is 2.13. The highest BCUT2D eigenvalue weighted by molar-refractivity contribution is 6.05. The maximum Gasteiger partial charge on any atom is 0.153 e. The number of carbonyl (C=O) groups excluding carboxylic acids is 1. The molecule has 0 bridgehead atoms. The average Bonchev–Trinajstić information content (AvgIpc) is 3.61. The van der Waals surface area contributed by atoms with Gasteiger partial charge in [-0.25, -0.2) is 13.9 Å². The van der Waals surface area contributed by atoms with Gasteiger partial charge in [0.05, 0.1) is 40.9 Å². The lowest BCUT2D eigenvalue weighted by molar-refractivity contribution is -0.103. The van der Waals surface area contributed by atoms with Crippen molar-refractivity contribution in [2.24, 2.45) is 5.73 Å². The van der Waals surface area contributed by atoms with E-state index in [9.17, 15) is 9.18 Å². The van der Waals surface area contributed by atoms with E-state index in [2.05, 4.69) is 37.0 Å². The van der Waals surface area contributed by atoms with Gasteiger partial charge in [0.25, 0.3) is 0 Å². The van der Waals surface area contributed by atoms with Crippen LogP contribution in [-0.4, -0.2) is 54.3 Å². The molecule has 0 fully saturated rings. The number of imidazole rings is 1. The molecule has 5 aromatic rings. The number of aromatic amines is 1. The Morgan fingerprint density at radius 1 is 1.08 bits per heavy atom. The Balaban J connectivity index is 0.000000137. The molecule has 9 nitrogen and oxygen atoms in total. The topological polar surface area (TPSA) is 118 Å². The van der Waals surface area contributed by atoms with E-state index < -0.39 is 0 Å². The molecule has 0 saturated carbocycles. The largest absolute Gasteiger partial charge is 0.404 e. The Kier molecular flexibility index (Phi) is 8.45. The highest BCUT2D eigenvalue weighted by atomic mass is 19.1. The monoisotopic (exact) mass is 498 g/mol. The number of likely N-dealkylation sites (N-methyl/N-ethyl adjacent to an activating group) is 1. The van der Waals surface area contributed by atoms with Crippen LogP contribution in [0.4, 0.5) is 4.39 Å². The van der Waals surface area contributed by atoms with E-state index in [1.165, 1.54) is 28.2 Å². The van der Waals surface area contributed by atoms with Crippen molar-refractivity contribution in [3.05, 3.63) is 109 Å². The molecular formula is C27H27FN8O. The Morgan fingerprint density at radius 2 is 1.97 bits per heavy atom. The number of nitrogens with two attached hydrogens (primary N) is 1. The van der Waals surface area contributed by atoms with E-state index in [0.717, 1.165) is 30.8 Å². The Bertz CT molecular complexity index is 1460. The van der Waals surface area contributed by atoms with Crippen LogP contribution in [0.3, 0.4) is 0 Å². The molecule has 5 aromatic heterocycles. The molecule has 6 heterocycles. The second-order valence-electron chi connectivity index (χ2n) is 8.22. The summed E-state index contributed by atoms with van der Waals surface area (Å²) in [5.41, 5.74) is 11.0. The summed E-state index contributed by atoms with van der Waals surface area (Å²) in [6.45, 7) is 2.16. The van der Waals surface area contributed by atoms with Crippen molar-refractivity contribution in [1.29, 1.82) is 0 Å². The first-order chi connectivity index (χ1) is 18.1. The summed E-state index contributed by atoms with van der Waals surface area (Å²) >= 11 is 0. The minimum Gasteiger partial charge on any atom is -0.404 e. The first kappa shape index (κ1) is 25.4. The second kappa shape index (κ2) is 12.3. The number of nitrogens with one attached hydrogen (secondary N) is 1. The van der Waals surface area contributed by atoms with Crippen LogP contribution < -0.4 is 5.73 Å². The average molecular weight is 499 g/mol. The minimum atomic E-state index is -0.236. The van der Waals surface area contributed by atoms with Crippen molar-refractivity contribution in [2.75, 3.05) is 13.6 Å². The van der Waals surface area contributed by atoms with E-state index in [1.807, 2.05) is 24.3 Å². The lowest BCUT2D eigenvalue weighted by Crippen LogP contribution is -2.26. The lowest BCUT2D eigenvalue weighted by atomic mass is 10.1. The molecule has 0 radical (unpaired) electrons. The fourth-order valence-electron chi connectivity index (χ4n) is 3.70. The number of halogens is 1. The van der Waals surface area contributed by atoms with Crippen LogP contribution in [-0.2, 0) is 17.8 Å². The SMILES string of the molecule is CN1CCc2nc[nH]c2C1.Fc1cccn2nccc12.N/C=C(/C=O)c1ccc(-c2ccccn2)cn1. The Morgan fingerprint density at radius 3 is 2.68 bits per heavy atom. The van der Waals surface area contributed by atoms with Crippen molar-refractivity contribution in [3.63, 3.8) is 0 Å². The van der Waals surface area contributed by atoms with Gasteiger partial charge in [-0.2, -0.15) is 5.10 Å². The maximum atomic E-state index is 12.8. The molecule has 0 unspecified atom stereocenters. The second-order valence-corrected chi connectivity index (χ2v) is 8.22. The highest BCUT2D eigenvalue weighted by Crippen LogP contribution is 2.17. The number of hydrogen-bond donors (Lipinski definition) is 2. The molecule has 0 spiro atoms. The summed E-state index contributed by atoms with van der Waals surface area (Å²) in [7, 11) is 2.13. The van der Waals surface area contributed by atoms with E-state index in [1.54, 1.807) is 49.3 Å². The number of nitrogens with zero attached hydrogens (tertiary/aromatic N) is 6. The Hall–Kier alpha value is -4.70. The molecule has 6 rings (SSSR count). The van der Waals surface area contributed by atoms with E-state index in [-0.39, 0.29) is 5.82 Å². The van der Waals surface area contributed by atoms with Crippen LogP contribution in [0, 0.1) is 5.82 Å². The number of aldehydes is 1. The van der Waals surface area contributed by atoms with E-state index in [4.69, 9.17) is 5.73 Å². The summed E-state index contributed by atoms with van der Waals surface area (Å²) in [5, 5.41) is 3.86. The van der Waals surface area contributed by atoms with Gasteiger partial charge in [0.2, 0.25) is 0 Å². The van der Waals surface area contributed by atoms with Gasteiger partial charge in [-0.15, -0.1) is 0 Å². The summed E-state index contributed by atoms with van der Waals surface area (Å²) < 4.78 is 14.3. The zero-order valence-corrected chi connectivity index (χ0v) is 20.3. The predicted molar refractivity (Wildman–Crippen MR) is 139 cm³/mol. The molecule has 0 atom stereocenters. The van der Waals surface area contributed by atoms with Crippen molar-refractivity contribution >= 4 is 17.4 Å².